The van der Waals surface area contributed by atoms with Gasteiger partial charge in [-0.15, -0.1) is 11.6 Å². The Morgan fingerprint density at radius 1 is 1.36 bits per heavy atom. The zero-order valence-electron chi connectivity index (χ0n) is 5.29. The summed E-state index contributed by atoms with van der Waals surface area (Å²) in [5, 5.41) is 0. The Morgan fingerprint density at radius 3 is 2.27 bits per heavy atom. The van der Waals surface area contributed by atoms with E-state index in [9.17, 15) is 8.42 Å². The van der Waals surface area contributed by atoms with Gasteiger partial charge >= 0.3 is 29.6 Å². The van der Waals surface area contributed by atoms with Gasteiger partial charge in [-0.1, -0.05) is 0 Å². The molecule has 0 heterocycles. The fourth-order valence-electron chi connectivity index (χ4n) is 0.321. The van der Waals surface area contributed by atoms with E-state index in [-0.39, 0.29) is 41.9 Å². The van der Waals surface area contributed by atoms with Crippen molar-refractivity contribution in [2.75, 3.05) is 24.8 Å². The van der Waals surface area contributed by atoms with E-state index in [1.807, 2.05) is 0 Å². The topological polar surface area (TPSA) is 63.6 Å². The molecule has 0 fully saturated rings. The van der Waals surface area contributed by atoms with Gasteiger partial charge in [0.2, 0.25) is 0 Å². The summed E-state index contributed by atoms with van der Waals surface area (Å²) in [7, 11) is -3.87. The van der Waals surface area contributed by atoms with Crippen molar-refractivity contribution in [2.24, 2.45) is 0 Å². The Morgan fingerprint density at radius 2 is 1.91 bits per heavy atom. The number of hydrogen-bond donors (Lipinski definition) is 1. The Bertz CT molecular complexity index is 169. The quantitative estimate of drug-likeness (QED) is 0.288. The van der Waals surface area contributed by atoms with Crippen LogP contribution < -0.4 is 0 Å². The molecule has 0 aromatic heterocycles. The summed E-state index contributed by atoms with van der Waals surface area (Å²) in [4.78, 5) is 0. The molecule has 0 aromatic rings. The van der Waals surface area contributed by atoms with Gasteiger partial charge in [0.25, 0.3) is 10.1 Å². The first-order valence-electron chi connectivity index (χ1n) is 2.65. The monoisotopic (exact) mass is 212 g/mol. The predicted octanol–water partition coefficient (Wildman–Crippen LogP) is -0.519. The van der Waals surface area contributed by atoms with E-state index in [1.165, 1.54) is 0 Å². The third kappa shape index (κ3) is 14.1. The molecule has 0 spiro atoms. The molecule has 0 unspecified atom stereocenters. The van der Waals surface area contributed by atoms with Gasteiger partial charge in [-0.2, -0.15) is 8.42 Å². The van der Waals surface area contributed by atoms with Crippen LogP contribution in [-0.2, 0) is 14.9 Å². The zero-order valence-corrected chi connectivity index (χ0v) is 6.86. The van der Waals surface area contributed by atoms with Crippen LogP contribution in [0.5, 0.6) is 0 Å². The molecular formula is C4H10ClNaO4S. The second-order valence-electron chi connectivity index (χ2n) is 1.59. The van der Waals surface area contributed by atoms with Crippen LogP contribution in [-0.4, -0.2) is 67.4 Å². The van der Waals surface area contributed by atoms with Gasteiger partial charge in [0.15, 0.2) is 0 Å². The minimum absolute atomic E-state index is 0. The SMILES string of the molecule is O=S(=O)(O)CCOCCCl.[NaH]. The molecule has 0 aromatic carbocycles. The molecule has 0 radical (unpaired) electrons. The third-order valence-electron chi connectivity index (χ3n) is 0.707. The normalized spacial score (nSPS) is 10.7. The molecule has 0 amide bonds. The second-order valence-corrected chi connectivity index (χ2v) is 3.54. The molecule has 1 N–H and O–H groups in total. The van der Waals surface area contributed by atoms with Gasteiger partial charge in [0.05, 0.1) is 19.0 Å². The maximum atomic E-state index is 10.0. The van der Waals surface area contributed by atoms with Crippen molar-refractivity contribution in [3.05, 3.63) is 0 Å². The van der Waals surface area contributed by atoms with Gasteiger partial charge in [0, 0.05) is 5.88 Å². The summed E-state index contributed by atoms with van der Waals surface area (Å²) in [5.74, 6) is -0.0463. The van der Waals surface area contributed by atoms with Crippen LogP contribution in [0.1, 0.15) is 0 Å². The van der Waals surface area contributed by atoms with Crippen molar-refractivity contribution in [1.82, 2.24) is 0 Å². The molecule has 0 aliphatic rings. The molecule has 11 heavy (non-hydrogen) atoms. The first-order chi connectivity index (χ1) is 4.56. The van der Waals surface area contributed by atoms with E-state index in [0.717, 1.165) is 0 Å². The summed E-state index contributed by atoms with van der Waals surface area (Å²) in [6.45, 7) is 0.294. The van der Waals surface area contributed by atoms with Crippen LogP contribution in [0.15, 0.2) is 0 Å². The number of alkyl halides is 1. The Balaban J connectivity index is 0. The molecule has 0 aliphatic carbocycles. The second kappa shape index (κ2) is 7.79. The molecule has 0 saturated heterocycles. The van der Waals surface area contributed by atoms with Crippen LogP contribution in [0, 0.1) is 0 Å². The van der Waals surface area contributed by atoms with E-state index in [2.05, 4.69) is 4.74 Å². The first-order valence-corrected chi connectivity index (χ1v) is 4.79. The molecule has 0 aliphatic heterocycles. The van der Waals surface area contributed by atoms with Crippen molar-refractivity contribution in [2.45, 2.75) is 0 Å². The first kappa shape index (κ1) is 14.7. The van der Waals surface area contributed by atoms with Crippen LogP contribution in [0.2, 0.25) is 0 Å². The average molecular weight is 213 g/mol. The molecule has 64 valence electrons. The van der Waals surface area contributed by atoms with Crippen LogP contribution >= 0.6 is 11.6 Å². The van der Waals surface area contributed by atoms with Crippen molar-refractivity contribution in [3.8, 4) is 0 Å². The number of ether oxygens (including phenoxy) is 1. The van der Waals surface area contributed by atoms with Gasteiger partial charge in [-0.3, -0.25) is 4.55 Å². The molecule has 0 atom stereocenters. The van der Waals surface area contributed by atoms with Crippen molar-refractivity contribution in [1.29, 1.82) is 0 Å². The summed E-state index contributed by atoms with van der Waals surface area (Å²) >= 11 is 5.21. The van der Waals surface area contributed by atoms with Crippen LogP contribution in [0.25, 0.3) is 0 Å². The summed E-state index contributed by atoms with van der Waals surface area (Å²) in [6, 6.07) is 0. The molecule has 4 nitrogen and oxygen atoms in total. The molecule has 7 heteroatoms. The fourth-order valence-corrected chi connectivity index (χ4v) is 0.758. The van der Waals surface area contributed by atoms with Gasteiger partial charge in [0.1, 0.15) is 0 Å². The molecular weight excluding hydrogens is 203 g/mol. The predicted molar refractivity (Wildman–Crippen MR) is 45.1 cm³/mol. The van der Waals surface area contributed by atoms with Gasteiger partial charge < -0.3 is 4.74 Å². The van der Waals surface area contributed by atoms with E-state index in [4.69, 9.17) is 16.2 Å². The van der Waals surface area contributed by atoms with Gasteiger partial charge in [-0.05, 0) is 0 Å². The third-order valence-corrected chi connectivity index (χ3v) is 1.54. The van der Waals surface area contributed by atoms with E-state index >= 15 is 0 Å². The summed E-state index contributed by atoms with van der Waals surface area (Å²) in [5.41, 5.74) is 0. The number of halogens is 1. The maximum absolute atomic E-state index is 10.0. The molecule has 0 saturated carbocycles. The number of hydrogen-bond acceptors (Lipinski definition) is 3. The number of rotatable bonds is 5. The van der Waals surface area contributed by atoms with Crippen LogP contribution in [0.3, 0.4) is 0 Å². The fraction of sp³-hybridized carbons (Fsp3) is 1.00. The molecule has 0 bridgehead atoms. The van der Waals surface area contributed by atoms with E-state index < -0.39 is 10.1 Å². The Labute approximate surface area is 93.3 Å². The summed E-state index contributed by atoms with van der Waals surface area (Å²) in [6.07, 6.45) is 0. The standard InChI is InChI=1S/C4H9ClO4S.Na.H/c5-1-2-9-3-4-10(6,7)8;;/h1-4H2,(H,6,7,8);;. The van der Waals surface area contributed by atoms with Crippen LogP contribution in [0.4, 0.5) is 0 Å². The van der Waals surface area contributed by atoms with Gasteiger partial charge in [-0.25, -0.2) is 0 Å². The minimum atomic E-state index is -3.87. The zero-order chi connectivity index (χ0) is 8.04. The van der Waals surface area contributed by atoms with Crippen molar-refractivity contribution < 1.29 is 17.7 Å². The molecule has 0 rings (SSSR count). The van der Waals surface area contributed by atoms with Crippen molar-refractivity contribution >= 4 is 51.3 Å². The Kier molecular flexibility index (Phi) is 10.4. The average Bonchev–Trinajstić information content (AvgIpc) is 1.78. The van der Waals surface area contributed by atoms with Crippen molar-refractivity contribution in [3.63, 3.8) is 0 Å². The van der Waals surface area contributed by atoms with E-state index in [0.29, 0.717) is 12.5 Å². The van der Waals surface area contributed by atoms with E-state index in [1.54, 1.807) is 0 Å². The Hall–Kier alpha value is 1.16. The summed E-state index contributed by atoms with van der Waals surface area (Å²) < 4.78 is 32.9.